The number of aromatic nitrogens is 2. The lowest BCUT2D eigenvalue weighted by Crippen LogP contribution is -2.22. The predicted octanol–water partition coefficient (Wildman–Crippen LogP) is 1.46. The summed E-state index contributed by atoms with van der Waals surface area (Å²) in [5.41, 5.74) is 0.516. The number of hydrogen-bond acceptors (Lipinski definition) is 3. The maximum absolute atomic E-state index is 11.5. The van der Waals surface area contributed by atoms with Crippen molar-refractivity contribution < 1.29 is 4.79 Å². The Kier molecular flexibility index (Phi) is 1.86. The highest BCUT2D eigenvalue weighted by molar-refractivity contribution is 5.96. The molecule has 3 nitrogen and oxygen atoms in total. The molecule has 1 saturated carbocycles. The molecule has 0 N–H and O–H groups in total. The Morgan fingerprint density at radius 2 is 2.25 bits per heavy atom. The molecule has 2 rings (SSSR count). The molecular formula is C9H10N2O. The topological polar surface area (TPSA) is 42.9 Å². The number of rotatable bonds is 2. The second-order valence-electron chi connectivity index (χ2n) is 3.08. The van der Waals surface area contributed by atoms with Crippen molar-refractivity contribution in [2.45, 2.75) is 19.3 Å². The summed E-state index contributed by atoms with van der Waals surface area (Å²) in [5, 5.41) is 0. The van der Waals surface area contributed by atoms with Gasteiger partial charge in [0.25, 0.3) is 0 Å². The van der Waals surface area contributed by atoms with Crippen molar-refractivity contribution in [1.29, 1.82) is 0 Å². The lowest BCUT2D eigenvalue weighted by molar-refractivity contribution is 0.0849. The zero-order chi connectivity index (χ0) is 8.39. The average Bonchev–Trinajstić information content (AvgIpc) is 2.03. The molecular weight excluding hydrogens is 152 g/mol. The summed E-state index contributed by atoms with van der Waals surface area (Å²) in [4.78, 5) is 19.4. The summed E-state index contributed by atoms with van der Waals surface area (Å²) in [5.74, 6) is 0.385. The van der Waals surface area contributed by atoms with Crippen molar-refractivity contribution in [3.63, 3.8) is 0 Å². The normalized spacial score (nSPS) is 17.0. The van der Waals surface area contributed by atoms with Crippen LogP contribution < -0.4 is 0 Å². The third-order valence-corrected chi connectivity index (χ3v) is 2.29. The minimum atomic E-state index is 0.161. The van der Waals surface area contributed by atoms with Gasteiger partial charge in [-0.05, 0) is 12.8 Å². The Hall–Kier alpha value is -1.25. The van der Waals surface area contributed by atoms with Gasteiger partial charge in [0, 0.05) is 18.3 Å². The zero-order valence-electron chi connectivity index (χ0n) is 6.73. The van der Waals surface area contributed by atoms with E-state index in [0.717, 1.165) is 12.8 Å². The minimum Gasteiger partial charge on any atom is -0.292 e. The molecule has 0 saturated heterocycles. The third-order valence-electron chi connectivity index (χ3n) is 2.29. The van der Waals surface area contributed by atoms with Crippen molar-refractivity contribution in [3.8, 4) is 0 Å². The molecule has 0 radical (unpaired) electrons. The molecule has 0 atom stereocenters. The molecule has 12 heavy (non-hydrogen) atoms. The molecule has 0 amide bonds. The molecule has 62 valence electrons. The van der Waals surface area contributed by atoms with Crippen LogP contribution in [-0.4, -0.2) is 15.8 Å². The second kappa shape index (κ2) is 3.01. The summed E-state index contributed by atoms with van der Waals surface area (Å²) < 4.78 is 0. The number of carbonyl (C=O) groups excluding carboxylic acids is 1. The molecule has 0 aliphatic heterocycles. The van der Waals surface area contributed by atoms with Crippen LogP contribution in [0.2, 0.25) is 0 Å². The molecule has 1 aliphatic rings. The van der Waals surface area contributed by atoms with Crippen molar-refractivity contribution in [2.24, 2.45) is 5.92 Å². The fourth-order valence-electron chi connectivity index (χ4n) is 1.31. The molecule has 0 bridgehead atoms. The first kappa shape index (κ1) is 7.40. The van der Waals surface area contributed by atoms with Crippen LogP contribution in [0, 0.1) is 5.92 Å². The number of hydrogen-bond donors (Lipinski definition) is 0. The quantitative estimate of drug-likeness (QED) is 0.618. The SMILES string of the molecule is O=C(c1cnccn1)C1CCC1. The van der Waals surface area contributed by atoms with Gasteiger partial charge in [0.2, 0.25) is 0 Å². The Balaban J connectivity index is 2.14. The van der Waals surface area contributed by atoms with Crippen LogP contribution in [0.3, 0.4) is 0 Å². The van der Waals surface area contributed by atoms with E-state index in [1.807, 2.05) is 0 Å². The van der Waals surface area contributed by atoms with Crippen LogP contribution in [0.5, 0.6) is 0 Å². The van der Waals surface area contributed by atoms with Gasteiger partial charge in [-0.2, -0.15) is 0 Å². The summed E-state index contributed by atoms with van der Waals surface area (Å²) in [6, 6.07) is 0. The van der Waals surface area contributed by atoms with E-state index in [1.165, 1.54) is 6.42 Å². The van der Waals surface area contributed by atoms with Gasteiger partial charge in [-0.3, -0.25) is 9.78 Å². The van der Waals surface area contributed by atoms with E-state index in [2.05, 4.69) is 9.97 Å². The molecule has 1 aromatic heterocycles. The summed E-state index contributed by atoms with van der Waals surface area (Å²) in [6.45, 7) is 0. The van der Waals surface area contributed by atoms with Gasteiger partial charge in [-0.25, -0.2) is 4.98 Å². The highest BCUT2D eigenvalue weighted by atomic mass is 16.1. The van der Waals surface area contributed by atoms with Gasteiger partial charge < -0.3 is 0 Å². The van der Waals surface area contributed by atoms with E-state index in [0.29, 0.717) is 5.69 Å². The third kappa shape index (κ3) is 1.22. The summed E-state index contributed by atoms with van der Waals surface area (Å²) >= 11 is 0. The van der Waals surface area contributed by atoms with Crippen molar-refractivity contribution >= 4 is 5.78 Å². The highest BCUT2D eigenvalue weighted by Crippen LogP contribution is 2.28. The fraction of sp³-hybridized carbons (Fsp3) is 0.444. The van der Waals surface area contributed by atoms with E-state index >= 15 is 0 Å². The van der Waals surface area contributed by atoms with Crippen LogP contribution in [0.15, 0.2) is 18.6 Å². The number of ketones is 1. The Morgan fingerprint density at radius 1 is 1.42 bits per heavy atom. The molecule has 1 aliphatic carbocycles. The maximum Gasteiger partial charge on any atom is 0.185 e. The van der Waals surface area contributed by atoms with E-state index in [4.69, 9.17) is 0 Å². The highest BCUT2D eigenvalue weighted by Gasteiger charge is 2.26. The lowest BCUT2D eigenvalue weighted by atomic mass is 9.81. The van der Waals surface area contributed by atoms with Gasteiger partial charge in [0.15, 0.2) is 5.78 Å². The summed E-state index contributed by atoms with van der Waals surface area (Å²) in [7, 11) is 0. The molecule has 0 unspecified atom stereocenters. The Bertz CT molecular complexity index is 280. The molecule has 1 aromatic rings. The van der Waals surface area contributed by atoms with Crippen molar-refractivity contribution in [1.82, 2.24) is 9.97 Å². The van der Waals surface area contributed by atoms with Gasteiger partial charge in [0.05, 0.1) is 6.20 Å². The van der Waals surface area contributed by atoms with Crippen LogP contribution in [0.25, 0.3) is 0 Å². The monoisotopic (exact) mass is 162 g/mol. The molecule has 0 spiro atoms. The van der Waals surface area contributed by atoms with E-state index in [-0.39, 0.29) is 11.7 Å². The van der Waals surface area contributed by atoms with Gasteiger partial charge in [-0.1, -0.05) is 6.42 Å². The van der Waals surface area contributed by atoms with E-state index < -0.39 is 0 Å². The first-order valence-corrected chi connectivity index (χ1v) is 4.18. The number of Topliss-reactive ketones (excluding diaryl/α,β-unsaturated/α-hetero) is 1. The first-order valence-electron chi connectivity index (χ1n) is 4.18. The van der Waals surface area contributed by atoms with E-state index in [9.17, 15) is 4.79 Å². The smallest absolute Gasteiger partial charge is 0.185 e. The summed E-state index contributed by atoms with van der Waals surface area (Å²) in [6.07, 6.45) is 7.91. The fourth-order valence-corrected chi connectivity index (χ4v) is 1.31. The molecule has 0 aromatic carbocycles. The maximum atomic E-state index is 11.5. The van der Waals surface area contributed by atoms with Crippen LogP contribution in [0.1, 0.15) is 29.8 Å². The van der Waals surface area contributed by atoms with Gasteiger partial charge >= 0.3 is 0 Å². The minimum absolute atomic E-state index is 0.161. The van der Waals surface area contributed by atoms with Crippen LogP contribution in [0.4, 0.5) is 0 Å². The predicted molar refractivity (Wildman–Crippen MR) is 43.7 cm³/mol. The van der Waals surface area contributed by atoms with Gasteiger partial charge in [-0.15, -0.1) is 0 Å². The molecule has 1 fully saturated rings. The van der Waals surface area contributed by atoms with Crippen molar-refractivity contribution in [3.05, 3.63) is 24.3 Å². The Morgan fingerprint density at radius 3 is 2.75 bits per heavy atom. The average molecular weight is 162 g/mol. The Labute approximate surface area is 70.9 Å². The number of carbonyl (C=O) groups is 1. The second-order valence-corrected chi connectivity index (χ2v) is 3.08. The van der Waals surface area contributed by atoms with Crippen LogP contribution in [-0.2, 0) is 0 Å². The molecule has 1 heterocycles. The van der Waals surface area contributed by atoms with Gasteiger partial charge in [0.1, 0.15) is 5.69 Å². The molecule has 3 heteroatoms. The number of nitrogens with zero attached hydrogens (tertiary/aromatic N) is 2. The standard InChI is InChI=1S/C9H10N2O/c12-9(7-2-1-3-7)8-6-10-4-5-11-8/h4-7H,1-3H2. The largest absolute Gasteiger partial charge is 0.292 e. The van der Waals surface area contributed by atoms with Crippen LogP contribution >= 0.6 is 0 Å². The van der Waals surface area contributed by atoms with E-state index in [1.54, 1.807) is 18.6 Å². The van der Waals surface area contributed by atoms with Crippen molar-refractivity contribution in [2.75, 3.05) is 0 Å². The first-order chi connectivity index (χ1) is 5.88. The lowest BCUT2D eigenvalue weighted by Gasteiger charge is -2.22. The zero-order valence-corrected chi connectivity index (χ0v) is 6.73.